The minimum absolute atomic E-state index is 0.0602. The fourth-order valence-electron chi connectivity index (χ4n) is 1.20. The standard InChI is InChI=1S/C11H17BrN2O2S/c1-9(2)14(3)17(15,16)13-8-10-5-4-6-11(12)7-10/h4-7,9,13H,8H2,1-3H3. The van der Waals surface area contributed by atoms with Gasteiger partial charge in [-0.2, -0.15) is 17.4 Å². The number of nitrogens with zero attached hydrogens (tertiary/aromatic N) is 1. The molecule has 17 heavy (non-hydrogen) atoms. The quantitative estimate of drug-likeness (QED) is 0.903. The van der Waals surface area contributed by atoms with Gasteiger partial charge in [0.2, 0.25) is 0 Å². The van der Waals surface area contributed by atoms with E-state index in [0.717, 1.165) is 10.0 Å². The molecule has 1 N–H and O–H groups in total. The molecular weight excluding hydrogens is 304 g/mol. The highest BCUT2D eigenvalue weighted by Crippen LogP contribution is 2.12. The van der Waals surface area contributed by atoms with Crippen LogP contribution in [0.1, 0.15) is 19.4 Å². The largest absolute Gasteiger partial charge is 0.279 e. The summed E-state index contributed by atoms with van der Waals surface area (Å²) in [5.41, 5.74) is 0.917. The average Bonchev–Trinajstić information content (AvgIpc) is 2.25. The van der Waals surface area contributed by atoms with Crippen LogP contribution in [0.5, 0.6) is 0 Å². The highest BCUT2D eigenvalue weighted by molar-refractivity contribution is 9.10. The average molecular weight is 321 g/mol. The van der Waals surface area contributed by atoms with E-state index in [1.165, 1.54) is 4.31 Å². The summed E-state index contributed by atoms with van der Waals surface area (Å²) in [5, 5.41) is 0. The van der Waals surface area contributed by atoms with E-state index in [2.05, 4.69) is 20.7 Å². The molecule has 0 aliphatic carbocycles. The Morgan fingerprint density at radius 2 is 2.06 bits per heavy atom. The van der Waals surface area contributed by atoms with E-state index in [-0.39, 0.29) is 6.04 Å². The molecule has 0 aliphatic rings. The molecule has 0 saturated carbocycles. The third-order valence-electron chi connectivity index (χ3n) is 2.45. The number of rotatable bonds is 5. The van der Waals surface area contributed by atoms with Gasteiger partial charge in [-0.05, 0) is 31.5 Å². The van der Waals surface area contributed by atoms with Crippen LogP contribution >= 0.6 is 15.9 Å². The van der Waals surface area contributed by atoms with E-state index in [9.17, 15) is 8.42 Å². The number of benzene rings is 1. The lowest BCUT2D eigenvalue weighted by atomic mass is 10.2. The van der Waals surface area contributed by atoms with E-state index in [1.807, 2.05) is 38.1 Å². The van der Waals surface area contributed by atoms with Crippen molar-refractivity contribution in [2.75, 3.05) is 7.05 Å². The topological polar surface area (TPSA) is 49.4 Å². The molecule has 0 amide bonds. The molecule has 0 saturated heterocycles. The molecule has 0 heterocycles. The van der Waals surface area contributed by atoms with Gasteiger partial charge in [0.1, 0.15) is 0 Å². The summed E-state index contributed by atoms with van der Waals surface area (Å²) in [5.74, 6) is 0. The number of hydrogen-bond donors (Lipinski definition) is 1. The Hall–Kier alpha value is -0.430. The van der Waals surface area contributed by atoms with Crippen LogP contribution in [0.2, 0.25) is 0 Å². The zero-order valence-corrected chi connectivity index (χ0v) is 12.5. The van der Waals surface area contributed by atoms with Gasteiger partial charge < -0.3 is 0 Å². The molecule has 4 nitrogen and oxygen atoms in total. The molecular formula is C11H17BrN2O2S. The zero-order valence-electron chi connectivity index (χ0n) is 10.1. The first-order valence-electron chi connectivity index (χ1n) is 5.30. The van der Waals surface area contributed by atoms with Crippen LogP contribution in [-0.4, -0.2) is 25.8 Å². The Morgan fingerprint density at radius 1 is 1.41 bits per heavy atom. The van der Waals surface area contributed by atoms with Crippen molar-refractivity contribution in [2.24, 2.45) is 0 Å². The van der Waals surface area contributed by atoms with Gasteiger partial charge >= 0.3 is 0 Å². The monoisotopic (exact) mass is 320 g/mol. The Labute approximate surface area is 111 Å². The molecule has 96 valence electrons. The Balaban J connectivity index is 2.68. The fraction of sp³-hybridized carbons (Fsp3) is 0.455. The van der Waals surface area contributed by atoms with Crippen molar-refractivity contribution in [3.8, 4) is 0 Å². The summed E-state index contributed by atoms with van der Waals surface area (Å²) < 4.78 is 28.5. The van der Waals surface area contributed by atoms with Gasteiger partial charge in [-0.15, -0.1) is 0 Å². The maximum Gasteiger partial charge on any atom is 0.279 e. The normalized spacial score (nSPS) is 12.4. The molecule has 0 atom stereocenters. The molecule has 0 aliphatic heterocycles. The van der Waals surface area contributed by atoms with Crippen molar-refractivity contribution < 1.29 is 8.42 Å². The van der Waals surface area contributed by atoms with Crippen molar-refractivity contribution in [3.63, 3.8) is 0 Å². The Kier molecular flexibility index (Phi) is 5.12. The smallest absolute Gasteiger partial charge is 0.198 e. The summed E-state index contributed by atoms with van der Waals surface area (Å²) in [4.78, 5) is 0. The number of hydrogen-bond acceptors (Lipinski definition) is 2. The molecule has 0 unspecified atom stereocenters. The second kappa shape index (κ2) is 5.95. The predicted octanol–water partition coefficient (Wildman–Crippen LogP) is 2.12. The maximum absolute atomic E-state index is 11.8. The molecule has 0 spiro atoms. The van der Waals surface area contributed by atoms with Gasteiger partial charge in [0.05, 0.1) is 0 Å². The van der Waals surface area contributed by atoms with Gasteiger partial charge in [0, 0.05) is 24.1 Å². The maximum atomic E-state index is 11.8. The summed E-state index contributed by atoms with van der Waals surface area (Å²) in [6.07, 6.45) is 0. The fourth-order valence-corrected chi connectivity index (χ4v) is 2.76. The molecule has 0 aromatic heterocycles. The van der Waals surface area contributed by atoms with E-state index in [1.54, 1.807) is 7.05 Å². The first kappa shape index (κ1) is 14.6. The first-order valence-corrected chi connectivity index (χ1v) is 7.53. The minimum atomic E-state index is -3.40. The Bertz CT molecular complexity index is 474. The van der Waals surface area contributed by atoms with Gasteiger partial charge in [0.25, 0.3) is 10.2 Å². The molecule has 1 aromatic carbocycles. The van der Waals surface area contributed by atoms with Crippen molar-refractivity contribution in [1.82, 2.24) is 9.03 Å². The van der Waals surface area contributed by atoms with E-state index < -0.39 is 10.2 Å². The molecule has 6 heteroatoms. The highest BCUT2D eigenvalue weighted by Gasteiger charge is 2.19. The lowest BCUT2D eigenvalue weighted by Crippen LogP contribution is -2.41. The van der Waals surface area contributed by atoms with Crippen LogP contribution < -0.4 is 4.72 Å². The van der Waals surface area contributed by atoms with Gasteiger partial charge in [-0.1, -0.05) is 28.1 Å². The van der Waals surface area contributed by atoms with Gasteiger partial charge in [0.15, 0.2) is 0 Å². The van der Waals surface area contributed by atoms with E-state index in [0.29, 0.717) is 6.54 Å². The lowest BCUT2D eigenvalue weighted by Gasteiger charge is -2.21. The summed E-state index contributed by atoms with van der Waals surface area (Å²) >= 11 is 3.35. The van der Waals surface area contributed by atoms with Crippen LogP contribution in [0.4, 0.5) is 0 Å². The second-order valence-corrected chi connectivity index (χ2v) is 6.80. The molecule has 0 bridgehead atoms. The SMILES string of the molecule is CC(C)N(C)S(=O)(=O)NCc1cccc(Br)c1. The summed E-state index contributed by atoms with van der Waals surface area (Å²) in [7, 11) is -1.84. The van der Waals surface area contributed by atoms with Crippen molar-refractivity contribution in [2.45, 2.75) is 26.4 Å². The van der Waals surface area contributed by atoms with Crippen LogP contribution in [0, 0.1) is 0 Å². The van der Waals surface area contributed by atoms with E-state index >= 15 is 0 Å². The third-order valence-corrected chi connectivity index (χ3v) is 4.64. The summed E-state index contributed by atoms with van der Waals surface area (Å²) in [6.45, 7) is 3.95. The van der Waals surface area contributed by atoms with Gasteiger partial charge in [-0.25, -0.2) is 0 Å². The molecule has 0 fully saturated rings. The van der Waals surface area contributed by atoms with Crippen LogP contribution in [-0.2, 0) is 16.8 Å². The minimum Gasteiger partial charge on any atom is -0.198 e. The van der Waals surface area contributed by atoms with Gasteiger partial charge in [-0.3, -0.25) is 0 Å². The van der Waals surface area contributed by atoms with Crippen molar-refractivity contribution >= 4 is 26.1 Å². The molecule has 0 radical (unpaired) electrons. The Morgan fingerprint density at radius 3 is 2.59 bits per heavy atom. The van der Waals surface area contributed by atoms with Crippen molar-refractivity contribution in [1.29, 1.82) is 0 Å². The second-order valence-electron chi connectivity index (χ2n) is 4.07. The molecule has 1 rings (SSSR count). The van der Waals surface area contributed by atoms with E-state index in [4.69, 9.17) is 0 Å². The molecule has 1 aromatic rings. The number of nitrogens with one attached hydrogen (secondary N) is 1. The highest BCUT2D eigenvalue weighted by atomic mass is 79.9. The first-order chi connectivity index (χ1) is 7.83. The summed E-state index contributed by atoms with van der Waals surface area (Å²) in [6, 6.07) is 7.48. The lowest BCUT2D eigenvalue weighted by molar-refractivity contribution is 0.402. The van der Waals surface area contributed by atoms with Crippen LogP contribution in [0.3, 0.4) is 0 Å². The van der Waals surface area contributed by atoms with Crippen LogP contribution in [0.15, 0.2) is 28.7 Å². The number of halogens is 1. The third kappa shape index (κ3) is 4.39. The predicted molar refractivity (Wildman–Crippen MR) is 72.8 cm³/mol. The van der Waals surface area contributed by atoms with Crippen molar-refractivity contribution in [3.05, 3.63) is 34.3 Å². The zero-order chi connectivity index (χ0) is 13.1. The van der Waals surface area contributed by atoms with Crippen LogP contribution in [0.25, 0.3) is 0 Å².